The molecule has 164 valence electrons. The molecule has 0 aromatic heterocycles. The van der Waals surface area contributed by atoms with E-state index in [1.54, 1.807) is 19.2 Å². The van der Waals surface area contributed by atoms with Gasteiger partial charge in [0, 0.05) is 63.6 Å². The Labute approximate surface area is 189 Å². The van der Waals surface area contributed by atoms with Crippen molar-refractivity contribution in [2.75, 3.05) is 58.3 Å². The lowest BCUT2D eigenvalue weighted by Gasteiger charge is -2.37. The molecular weight excluding hydrogens is 487 g/mol. The summed E-state index contributed by atoms with van der Waals surface area (Å²) in [5.41, 5.74) is 0.941. The van der Waals surface area contributed by atoms with E-state index < -0.39 is 4.92 Å². The highest BCUT2D eigenvalue weighted by atomic mass is 127. The summed E-state index contributed by atoms with van der Waals surface area (Å²) < 4.78 is 5.46. The van der Waals surface area contributed by atoms with Crippen molar-refractivity contribution in [3.63, 3.8) is 0 Å². The summed E-state index contributed by atoms with van der Waals surface area (Å²) in [6.07, 6.45) is 0. The van der Waals surface area contributed by atoms with Crippen LogP contribution in [0.2, 0.25) is 0 Å². The van der Waals surface area contributed by atoms with Crippen molar-refractivity contribution in [1.82, 2.24) is 15.5 Å². The third-order valence-electron chi connectivity index (χ3n) is 4.81. The van der Waals surface area contributed by atoms with E-state index in [2.05, 4.69) is 39.7 Å². The molecule has 0 spiro atoms. The Hall–Kier alpha value is -1.66. The molecule has 0 saturated carbocycles. The smallest absolute Gasteiger partial charge is 0.269 e. The van der Waals surface area contributed by atoms with Crippen LogP contribution in [0, 0.1) is 16.0 Å². The Morgan fingerprint density at radius 3 is 2.41 bits per heavy atom. The topological polar surface area (TPSA) is 104 Å². The Morgan fingerprint density at radius 2 is 1.86 bits per heavy atom. The van der Waals surface area contributed by atoms with E-state index in [0.29, 0.717) is 25.0 Å². The number of nitro benzene ring substituents is 1. The van der Waals surface area contributed by atoms with E-state index in [1.807, 2.05) is 0 Å². The second kappa shape index (κ2) is 13.5. The number of anilines is 1. The predicted molar refractivity (Wildman–Crippen MR) is 127 cm³/mol. The average molecular weight is 520 g/mol. The third kappa shape index (κ3) is 8.70. The van der Waals surface area contributed by atoms with E-state index in [4.69, 9.17) is 4.74 Å². The highest BCUT2D eigenvalue weighted by Gasteiger charge is 2.23. The minimum absolute atomic E-state index is 0. The number of hydrogen-bond donors (Lipinski definition) is 3. The molecule has 1 aromatic carbocycles. The van der Waals surface area contributed by atoms with E-state index in [1.165, 1.54) is 12.1 Å². The van der Waals surface area contributed by atoms with Crippen LogP contribution in [0.15, 0.2) is 29.3 Å². The molecule has 9 nitrogen and oxygen atoms in total. The lowest BCUT2D eigenvalue weighted by molar-refractivity contribution is -0.384. The van der Waals surface area contributed by atoms with Crippen LogP contribution in [0.1, 0.15) is 13.8 Å². The number of nitrogens with zero attached hydrogens (tertiary/aromatic N) is 3. The standard InChI is InChI=1S/C19H32N6O3.HI/c1-15(2)18(24-10-12-28-13-11-24)14-23-19(20-3)22-9-8-21-16-4-6-17(7-5-16)25(26)27;/h4-7,15,18,21H,8-14H2,1-3H3,(H2,20,22,23);1H. The number of ether oxygens (including phenoxy) is 1. The number of guanidine groups is 1. The maximum atomic E-state index is 10.7. The van der Waals surface area contributed by atoms with Gasteiger partial charge in [0.1, 0.15) is 0 Å². The van der Waals surface area contributed by atoms with Gasteiger partial charge in [-0.25, -0.2) is 0 Å². The van der Waals surface area contributed by atoms with Gasteiger partial charge in [0.05, 0.1) is 18.1 Å². The molecule has 1 aliphatic heterocycles. The van der Waals surface area contributed by atoms with E-state index in [9.17, 15) is 10.1 Å². The molecule has 1 aromatic rings. The number of non-ortho nitro benzene ring substituents is 1. The first kappa shape index (κ1) is 25.4. The van der Waals surface area contributed by atoms with E-state index in [0.717, 1.165) is 44.5 Å². The third-order valence-corrected chi connectivity index (χ3v) is 4.81. The lowest BCUT2D eigenvalue weighted by atomic mass is 10.0. The quantitative estimate of drug-likeness (QED) is 0.115. The number of benzene rings is 1. The molecule has 29 heavy (non-hydrogen) atoms. The summed E-state index contributed by atoms with van der Waals surface area (Å²) in [5.74, 6) is 1.30. The van der Waals surface area contributed by atoms with Gasteiger partial charge in [0.15, 0.2) is 5.96 Å². The number of rotatable bonds is 9. The maximum absolute atomic E-state index is 10.7. The number of nitro groups is 1. The fourth-order valence-corrected chi connectivity index (χ4v) is 3.21. The number of aliphatic imine (C=N–C) groups is 1. The fourth-order valence-electron chi connectivity index (χ4n) is 3.21. The van der Waals surface area contributed by atoms with E-state index in [-0.39, 0.29) is 29.7 Å². The van der Waals surface area contributed by atoms with Gasteiger partial charge in [-0.05, 0) is 18.1 Å². The molecule has 10 heteroatoms. The van der Waals surface area contributed by atoms with Crippen LogP contribution in [0.4, 0.5) is 11.4 Å². The second-order valence-electron chi connectivity index (χ2n) is 7.07. The maximum Gasteiger partial charge on any atom is 0.269 e. The second-order valence-corrected chi connectivity index (χ2v) is 7.07. The zero-order valence-electron chi connectivity index (χ0n) is 17.4. The predicted octanol–water partition coefficient (Wildman–Crippen LogP) is 2.15. The average Bonchev–Trinajstić information content (AvgIpc) is 2.70. The molecule has 0 amide bonds. The van der Waals surface area contributed by atoms with Crippen LogP contribution < -0.4 is 16.0 Å². The first-order chi connectivity index (χ1) is 13.5. The normalized spacial score (nSPS) is 16.1. The number of nitrogens with one attached hydrogen (secondary N) is 3. The monoisotopic (exact) mass is 520 g/mol. The molecule has 0 aliphatic carbocycles. The van der Waals surface area contributed by atoms with Crippen molar-refractivity contribution in [2.24, 2.45) is 10.9 Å². The van der Waals surface area contributed by atoms with Gasteiger partial charge in [-0.3, -0.25) is 20.0 Å². The van der Waals surface area contributed by atoms with Gasteiger partial charge in [-0.2, -0.15) is 0 Å². The van der Waals surface area contributed by atoms with Crippen LogP contribution in [-0.2, 0) is 4.74 Å². The largest absolute Gasteiger partial charge is 0.383 e. The zero-order valence-corrected chi connectivity index (χ0v) is 19.7. The molecule has 1 heterocycles. The SMILES string of the molecule is CN=C(NCCNc1ccc([N+](=O)[O-])cc1)NCC(C(C)C)N1CCOCC1.I. The van der Waals surface area contributed by atoms with Crippen LogP contribution in [0.3, 0.4) is 0 Å². The first-order valence-corrected chi connectivity index (χ1v) is 9.76. The minimum Gasteiger partial charge on any atom is -0.383 e. The molecule has 1 fully saturated rings. The molecular formula is C19H33IN6O3. The molecule has 1 unspecified atom stereocenters. The summed E-state index contributed by atoms with van der Waals surface area (Å²) in [4.78, 5) is 17.0. The summed E-state index contributed by atoms with van der Waals surface area (Å²) in [6.45, 7) is 10.2. The first-order valence-electron chi connectivity index (χ1n) is 9.76. The van der Waals surface area contributed by atoms with Gasteiger partial charge in [-0.1, -0.05) is 13.8 Å². The molecule has 1 atom stereocenters. The highest BCUT2D eigenvalue weighted by molar-refractivity contribution is 14.0. The van der Waals surface area contributed by atoms with Gasteiger partial charge in [0.2, 0.25) is 0 Å². The van der Waals surface area contributed by atoms with E-state index >= 15 is 0 Å². The summed E-state index contributed by atoms with van der Waals surface area (Å²) in [6, 6.07) is 6.84. The van der Waals surface area contributed by atoms with Crippen LogP contribution in [0.25, 0.3) is 0 Å². The van der Waals surface area contributed by atoms with Crippen molar-refractivity contribution < 1.29 is 9.66 Å². The van der Waals surface area contributed by atoms with Crippen molar-refractivity contribution in [1.29, 1.82) is 0 Å². The van der Waals surface area contributed by atoms with Crippen molar-refractivity contribution >= 4 is 41.3 Å². The number of morpholine rings is 1. The Bertz CT molecular complexity index is 635. The molecule has 2 rings (SSSR count). The zero-order chi connectivity index (χ0) is 20.4. The molecule has 0 bridgehead atoms. The van der Waals surface area contributed by atoms with Gasteiger partial charge >= 0.3 is 0 Å². The molecule has 1 saturated heterocycles. The lowest BCUT2D eigenvalue weighted by Crippen LogP contribution is -2.52. The van der Waals surface area contributed by atoms with Crippen molar-refractivity contribution in [3.05, 3.63) is 34.4 Å². The van der Waals surface area contributed by atoms with Crippen LogP contribution in [-0.4, -0.2) is 74.8 Å². The molecule has 3 N–H and O–H groups in total. The summed E-state index contributed by atoms with van der Waals surface area (Å²) in [5, 5.41) is 20.6. The van der Waals surface area contributed by atoms with Crippen molar-refractivity contribution in [3.8, 4) is 0 Å². The molecule has 1 aliphatic rings. The Kier molecular flexibility index (Phi) is 11.9. The summed E-state index contributed by atoms with van der Waals surface area (Å²) in [7, 11) is 1.76. The molecule has 0 radical (unpaired) electrons. The van der Waals surface area contributed by atoms with Crippen LogP contribution >= 0.6 is 24.0 Å². The van der Waals surface area contributed by atoms with Gasteiger partial charge < -0.3 is 20.7 Å². The number of hydrogen-bond acceptors (Lipinski definition) is 6. The van der Waals surface area contributed by atoms with Crippen LogP contribution in [0.5, 0.6) is 0 Å². The van der Waals surface area contributed by atoms with Crippen molar-refractivity contribution in [2.45, 2.75) is 19.9 Å². The summed E-state index contributed by atoms with van der Waals surface area (Å²) >= 11 is 0. The van der Waals surface area contributed by atoms with Gasteiger partial charge in [-0.15, -0.1) is 24.0 Å². The minimum atomic E-state index is -0.400. The fraction of sp³-hybridized carbons (Fsp3) is 0.632. The Morgan fingerprint density at radius 1 is 1.21 bits per heavy atom. The Balaban J connectivity index is 0.00000420. The van der Waals surface area contributed by atoms with Gasteiger partial charge in [0.25, 0.3) is 5.69 Å². The highest BCUT2D eigenvalue weighted by Crippen LogP contribution is 2.15. The number of halogens is 1.